The van der Waals surface area contributed by atoms with Crippen molar-refractivity contribution < 1.29 is 18.0 Å². The fraction of sp³-hybridized carbons (Fsp3) is 0.300. The average molecular weight is 217 g/mol. The Morgan fingerprint density at radius 1 is 1.40 bits per heavy atom. The van der Waals surface area contributed by atoms with Crippen molar-refractivity contribution in [3.8, 4) is 0 Å². The van der Waals surface area contributed by atoms with Crippen molar-refractivity contribution in [2.75, 3.05) is 0 Å². The molecule has 0 aliphatic carbocycles. The summed E-state index contributed by atoms with van der Waals surface area (Å²) in [5, 5.41) is 2.39. The van der Waals surface area contributed by atoms with E-state index >= 15 is 0 Å². The fourth-order valence-electron chi connectivity index (χ4n) is 1.18. The second-order valence-corrected chi connectivity index (χ2v) is 3.13. The molecule has 0 bridgehead atoms. The molecule has 2 nitrogen and oxygen atoms in total. The Balaban J connectivity index is 2.97. The molecule has 1 aromatic carbocycles. The first-order valence-electron chi connectivity index (χ1n) is 4.32. The predicted molar refractivity (Wildman–Crippen MR) is 49.1 cm³/mol. The highest BCUT2D eigenvalue weighted by Crippen LogP contribution is 2.30. The highest BCUT2D eigenvalue weighted by atomic mass is 19.4. The third-order valence-electron chi connectivity index (χ3n) is 2.03. The largest absolute Gasteiger partial charge is 0.416 e. The number of hydrogen-bond donors (Lipinski definition) is 1. The number of nitrogens with one attached hydrogen (secondary N) is 1. The molecule has 0 aromatic heterocycles. The molecule has 0 aliphatic heterocycles. The molecule has 82 valence electrons. The molecule has 0 fully saturated rings. The van der Waals surface area contributed by atoms with Crippen molar-refractivity contribution in [1.29, 1.82) is 0 Å². The molecule has 1 aromatic rings. The Labute approximate surface area is 85.1 Å². The summed E-state index contributed by atoms with van der Waals surface area (Å²) in [4.78, 5) is 10.1. The van der Waals surface area contributed by atoms with E-state index in [0.717, 1.165) is 12.1 Å². The van der Waals surface area contributed by atoms with Gasteiger partial charge in [0.25, 0.3) is 0 Å². The van der Waals surface area contributed by atoms with Gasteiger partial charge in [-0.25, -0.2) is 0 Å². The molecular formula is C10H10F3NO. The van der Waals surface area contributed by atoms with Gasteiger partial charge in [0.1, 0.15) is 0 Å². The molecule has 1 N–H and O–H groups in total. The standard InChI is InChI=1S/C10H10F3NO/c1-7(14-6-15)8-3-2-4-9(5-8)10(11,12)13/h2-7H,1H3,(H,14,15). The van der Waals surface area contributed by atoms with Crippen molar-refractivity contribution in [2.24, 2.45) is 0 Å². The van der Waals surface area contributed by atoms with E-state index in [1.165, 1.54) is 12.1 Å². The molecule has 1 rings (SSSR count). The minimum atomic E-state index is -4.35. The number of carbonyl (C=O) groups is 1. The van der Waals surface area contributed by atoms with Crippen LogP contribution in [-0.2, 0) is 11.0 Å². The average Bonchev–Trinajstić information content (AvgIpc) is 2.17. The number of rotatable bonds is 3. The van der Waals surface area contributed by atoms with E-state index in [0.29, 0.717) is 12.0 Å². The van der Waals surface area contributed by atoms with Crippen LogP contribution in [-0.4, -0.2) is 6.41 Å². The second-order valence-electron chi connectivity index (χ2n) is 3.13. The SMILES string of the molecule is CC(NC=O)c1cccc(C(F)(F)F)c1. The van der Waals surface area contributed by atoms with E-state index in [1.807, 2.05) is 0 Å². The van der Waals surface area contributed by atoms with Gasteiger partial charge in [-0.1, -0.05) is 12.1 Å². The smallest absolute Gasteiger partial charge is 0.352 e. The number of hydrogen-bond acceptors (Lipinski definition) is 1. The molecular weight excluding hydrogens is 207 g/mol. The molecule has 0 radical (unpaired) electrons. The third-order valence-corrected chi connectivity index (χ3v) is 2.03. The van der Waals surface area contributed by atoms with Gasteiger partial charge in [0, 0.05) is 0 Å². The van der Waals surface area contributed by atoms with Gasteiger partial charge >= 0.3 is 6.18 Å². The quantitative estimate of drug-likeness (QED) is 0.774. The molecule has 0 heterocycles. The number of alkyl halides is 3. The third kappa shape index (κ3) is 2.97. The lowest BCUT2D eigenvalue weighted by molar-refractivity contribution is -0.137. The number of benzene rings is 1. The van der Waals surface area contributed by atoms with E-state index in [-0.39, 0.29) is 0 Å². The van der Waals surface area contributed by atoms with Crippen LogP contribution in [0.2, 0.25) is 0 Å². The van der Waals surface area contributed by atoms with Crippen LogP contribution in [0.15, 0.2) is 24.3 Å². The Morgan fingerprint density at radius 3 is 2.60 bits per heavy atom. The topological polar surface area (TPSA) is 29.1 Å². The van der Waals surface area contributed by atoms with Crippen LogP contribution < -0.4 is 5.32 Å². The zero-order valence-corrected chi connectivity index (χ0v) is 8.01. The van der Waals surface area contributed by atoms with Crippen LogP contribution in [0.4, 0.5) is 13.2 Å². The molecule has 1 amide bonds. The normalized spacial score (nSPS) is 13.3. The highest BCUT2D eigenvalue weighted by molar-refractivity contribution is 5.47. The molecule has 15 heavy (non-hydrogen) atoms. The Bertz CT molecular complexity index is 349. The summed E-state index contributed by atoms with van der Waals surface area (Å²) >= 11 is 0. The van der Waals surface area contributed by atoms with Gasteiger partial charge in [-0.3, -0.25) is 4.79 Å². The fourth-order valence-corrected chi connectivity index (χ4v) is 1.18. The van der Waals surface area contributed by atoms with E-state index in [1.54, 1.807) is 6.92 Å². The summed E-state index contributed by atoms with van der Waals surface area (Å²) < 4.78 is 37.0. The number of amides is 1. The number of carbonyl (C=O) groups excluding carboxylic acids is 1. The van der Waals surface area contributed by atoms with E-state index in [4.69, 9.17) is 0 Å². The monoisotopic (exact) mass is 217 g/mol. The molecule has 0 saturated carbocycles. The maximum Gasteiger partial charge on any atom is 0.416 e. The zero-order chi connectivity index (χ0) is 11.5. The molecule has 1 unspecified atom stereocenters. The minimum absolute atomic E-state index is 0.426. The first-order chi connectivity index (χ1) is 6.95. The highest BCUT2D eigenvalue weighted by Gasteiger charge is 2.30. The van der Waals surface area contributed by atoms with Crippen LogP contribution in [0.5, 0.6) is 0 Å². The van der Waals surface area contributed by atoms with Gasteiger partial charge < -0.3 is 5.32 Å². The summed E-state index contributed by atoms with van der Waals surface area (Å²) in [5.74, 6) is 0. The summed E-state index contributed by atoms with van der Waals surface area (Å²) in [6, 6.07) is 4.46. The van der Waals surface area contributed by atoms with Crippen LogP contribution in [0.1, 0.15) is 24.1 Å². The summed E-state index contributed by atoms with van der Waals surface area (Å²) in [7, 11) is 0. The van der Waals surface area contributed by atoms with E-state index in [9.17, 15) is 18.0 Å². The van der Waals surface area contributed by atoms with E-state index in [2.05, 4.69) is 5.32 Å². The molecule has 1 atom stereocenters. The minimum Gasteiger partial charge on any atom is -0.352 e. The van der Waals surface area contributed by atoms with Crippen LogP contribution in [0.25, 0.3) is 0 Å². The maximum absolute atomic E-state index is 12.3. The maximum atomic E-state index is 12.3. The van der Waals surface area contributed by atoms with Crippen molar-refractivity contribution in [1.82, 2.24) is 5.32 Å². The lowest BCUT2D eigenvalue weighted by Gasteiger charge is -2.13. The van der Waals surface area contributed by atoms with Gasteiger partial charge in [0.15, 0.2) is 0 Å². The van der Waals surface area contributed by atoms with Gasteiger partial charge in [-0.05, 0) is 24.6 Å². The predicted octanol–water partition coefficient (Wildman–Crippen LogP) is 2.51. The van der Waals surface area contributed by atoms with Gasteiger partial charge in [0.05, 0.1) is 11.6 Å². The lowest BCUT2D eigenvalue weighted by Crippen LogP contribution is -2.16. The van der Waals surface area contributed by atoms with Gasteiger partial charge in [0.2, 0.25) is 6.41 Å². The summed E-state index contributed by atoms with van der Waals surface area (Å²) in [5.41, 5.74) is -0.281. The number of halogens is 3. The van der Waals surface area contributed by atoms with E-state index < -0.39 is 17.8 Å². The Kier molecular flexibility index (Phi) is 3.34. The molecule has 0 spiro atoms. The van der Waals surface area contributed by atoms with Crippen LogP contribution in [0.3, 0.4) is 0 Å². The van der Waals surface area contributed by atoms with Crippen molar-refractivity contribution in [3.63, 3.8) is 0 Å². The van der Waals surface area contributed by atoms with Crippen LogP contribution >= 0.6 is 0 Å². The summed E-state index contributed by atoms with van der Waals surface area (Å²) in [6.07, 6.45) is -3.89. The van der Waals surface area contributed by atoms with Crippen molar-refractivity contribution in [3.05, 3.63) is 35.4 Å². The lowest BCUT2D eigenvalue weighted by atomic mass is 10.1. The molecule has 0 aliphatic rings. The summed E-state index contributed by atoms with van der Waals surface area (Å²) in [6.45, 7) is 1.61. The first-order valence-corrected chi connectivity index (χ1v) is 4.32. The van der Waals surface area contributed by atoms with Crippen molar-refractivity contribution >= 4 is 6.41 Å². The van der Waals surface area contributed by atoms with Gasteiger partial charge in [-0.15, -0.1) is 0 Å². The van der Waals surface area contributed by atoms with Crippen molar-refractivity contribution in [2.45, 2.75) is 19.1 Å². The Hall–Kier alpha value is -1.52. The zero-order valence-electron chi connectivity index (χ0n) is 8.01. The molecule has 0 saturated heterocycles. The molecule has 5 heteroatoms. The van der Waals surface area contributed by atoms with Crippen LogP contribution in [0, 0.1) is 0 Å². The Morgan fingerprint density at radius 2 is 2.07 bits per heavy atom. The van der Waals surface area contributed by atoms with Gasteiger partial charge in [-0.2, -0.15) is 13.2 Å². The first kappa shape index (κ1) is 11.6. The second kappa shape index (κ2) is 4.33.